The number of nitriles is 1. The number of nitrogens with zero attached hydrogens (tertiary/aromatic N) is 5. The van der Waals surface area contributed by atoms with Gasteiger partial charge in [0.25, 0.3) is 11.5 Å². The summed E-state index contributed by atoms with van der Waals surface area (Å²) >= 11 is 0. The molecule has 0 spiro atoms. The second kappa shape index (κ2) is 12.3. The van der Waals surface area contributed by atoms with E-state index in [-0.39, 0.29) is 39.9 Å². The van der Waals surface area contributed by atoms with Gasteiger partial charge < -0.3 is 16.4 Å². The van der Waals surface area contributed by atoms with E-state index in [9.17, 15) is 19.2 Å². The maximum Gasteiger partial charge on any atom is 0.269 e. The van der Waals surface area contributed by atoms with E-state index in [1.54, 1.807) is 18.5 Å². The van der Waals surface area contributed by atoms with Gasteiger partial charge in [-0.1, -0.05) is 0 Å². The number of nitrogen functional groups attached to an aromatic ring is 1. The van der Waals surface area contributed by atoms with Gasteiger partial charge in [0.15, 0.2) is 0 Å². The van der Waals surface area contributed by atoms with Gasteiger partial charge in [-0.3, -0.25) is 18.8 Å². The first kappa shape index (κ1) is 30.0. The molecule has 10 nitrogen and oxygen atoms in total. The lowest BCUT2D eigenvalue weighted by atomic mass is 10.0. The predicted molar refractivity (Wildman–Crippen MR) is 173 cm³/mol. The monoisotopic (exact) mass is 632 g/mol. The molecule has 7 rings (SSSR count). The zero-order valence-corrected chi connectivity index (χ0v) is 25.2. The molecule has 47 heavy (non-hydrogen) atoms. The van der Waals surface area contributed by atoms with Gasteiger partial charge in [0.05, 0.1) is 17.9 Å². The number of benzene rings is 2. The summed E-state index contributed by atoms with van der Waals surface area (Å²) in [5.74, 6) is -1.76. The summed E-state index contributed by atoms with van der Waals surface area (Å²) in [6.45, 7) is 1.87. The number of nitrogens with one attached hydrogen (secondary N) is 2. The van der Waals surface area contributed by atoms with E-state index < -0.39 is 23.1 Å². The third-order valence-electron chi connectivity index (χ3n) is 8.74. The molecule has 0 atom stereocenters. The summed E-state index contributed by atoms with van der Waals surface area (Å²) in [5, 5.41) is 20.5. The van der Waals surface area contributed by atoms with Gasteiger partial charge in [0.1, 0.15) is 34.8 Å². The van der Waals surface area contributed by atoms with Crippen LogP contribution in [0.3, 0.4) is 0 Å². The Kier molecular flexibility index (Phi) is 7.83. The Balaban J connectivity index is 1.17. The van der Waals surface area contributed by atoms with Crippen molar-refractivity contribution in [2.45, 2.75) is 37.6 Å². The number of hydrogen-bond donors (Lipinski definition) is 3. The van der Waals surface area contributed by atoms with Crippen LogP contribution >= 0.6 is 0 Å². The van der Waals surface area contributed by atoms with E-state index in [1.807, 2.05) is 10.9 Å². The molecule has 1 aliphatic heterocycles. The number of amides is 1. The minimum Gasteiger partial charge on any atom is -0.383 e. The van der Waals surface area contributed by atoms with Gasteiger partial charge in [-0.2, -0.15) is 10.4 Å². The zero-order valence-electron chi connectivity index (χ0n) is 25.2. The molecular formula is C35H30F2N8O2. The standard InChI is InChI=1S/C35H30F2N8O2/c36-23-3-6-26(7-4-23)45-32(16-38)28(20-1-2-20)15-30(35(45)47)34(46)43-24-5-8-27(31(37)14-24)29-13-21(17-41-33(29)39)22-18-42-44(19-22)25-9-11-40-12-10-25/h3-8,13-15,17-20,25,40H,1-2,9-12H2,(H2,39,41)(H,43,46). The van der Waals surface area contributed by atoms with Crippen LogP contribution in [0, 0.1) is 23.0 Å². The fourth-order valence-electron chi connectivity index (χ4n) is 6.07. The van der Waals surface area contributed by atoms with Crippen molar-refractivity contribution in [1.82, 2.24) is 24.6 Å². The smallest absolute Gasteiger partial charge is 0.269 e. The maximum absolute atomic E-state index is 15.6. The van der Waals surface area contributed by atoms with E-state index in [0.717, 1.165) is 60.5 Å². The van der Waals surface area contributed by atoms with Gasteiger partial charge >= 0.3 is 0 Å². The van der Waals surface area contributed by atoms with E-state index >= 15 is 4.39 Å². The number of carbonyl (C=O) groups is 1. The summed E-state index contributed by atoms with van der Waals surface area (Å²) in [4.78, 5) is 31.4. The van der Waals surface area contributed by atoms with Crippen LogP contribution in [-0.4, -0.2) is 38.3 Å². The van der Waals surface area contributed by atoms with Crippen LogP contribution in [0.4, 0.5) is 20.3 Å². The quantitative estimate of drug-likeness (QED) is 0.214. The van der Waals surface area contributed by atoms with Crippen LogP contribution in [0.1, 0.15) is 59.3 Å². The van der Waals surface area contributed by atoms with Gasteiger partial charge in [-0.15, -0.1) is 0 Å². The first-order valence-corrected chi connectivity index (χ1v) is 15.4. The Bertz CT molecular complexity index is 2110. The van der Waals surface area contributed by atoms with Crippen molar-refractivity contribution < 1.29 is 13.6 Å². The van der Waals surface area contributed by atoms with Crippen LogP contribution in [-0.2, 0) is 0 Å². The lowest BCUT2D eigenvalue weighted by Gasteiger charge is -2.22. The summed E-state index contributed by atoms with van der Waals surface area (Å²) in [6.07, 6.45) is 8.93. The molecule has 1 amide bonds. The highest BCUT2D eigenvalue weighted by Gasteiger charge is 2.31. The molecular weight excluding hydrogens is 602 g/mol. The molecule has 12 heteroatoms. The first-order chi connectivity index (χ1) is 22.8. The normalized spacial score (nSPS) is 14.9. The second-order valence-electron chi connectivity index (χ2n) is 11.9. The highest BCUT2D eigenvalue weighted by molar-refractivity contribution is 6.04. The number of anilines is 2. The van der Waals surface area contributed by atoms with Crippen LogP contribution < -0.4 is 21.9 Å². The van der Waals surface area contributed by atoms with Gasteiger partial charge in [-0.05, 0) is 105 Å². The van der Waals surface area contributed by atoms with Crippen molar-refractivity contribution in [2.75, 3.05) is 24.1 Å². The molecule has 1 saturated heterocycles. The number of carbonyl (C=O) groups excluding carboxylic acids is 1. The van der Waals surface area contributed by atoms with Gasteiger partial charge in [-0.25, -0.2) is 13.8 Å². The Morgan fingerprint density at radius 3 is 2.45 bits per heavy atom. The largest absolute Gasteiger partial charge is 0.383 e. The Hall–Kier alpha value is -5.67. The molecule has 2 aliphatic rings. The Morgan fingerprint density at radius 2 is 1.74 bits per heavy atom. The summed E-state index contributed by atoms with van der Waals surface area (Å²) in [6, 6.07) is 14.9. The molecule has 0 unspecified atom stereocenters. The van der Waals surface area contributed by atoms with Crippen molar-refractivity contribution in [1.29, 1.82) is 5.26 Å². The Labute approximate surface area is 268 Å². The summed E-state index contributed by atoms with van der Waals surface area (Å²) < 4.78 is 32.4. The molecule has 0 radical (unpaired) electrons. The topological polar surface area (TPSA) is 144 Å². The van der Waals surface area contributed by atoms with E-state index in [1.165, 1.54) is 42.5 Å². The van der Waals surface area contributed by atoms with Crippen molar-refractivity contribution >= 4 is 17.4 Å². The third kappa shape index (κ3) is 5.89. The highest BCUT2D eigenvalue weighted by atomic mass is 19.1. The van der Waals surface area contributed by atoms with E-state index in [4.69, 9.17) is 5.73 Å². The zero-order chi connectivity index (χ0) is 32.7. The number of hydrogen-bond acceptors (Lipinski definition) is 7. The predicted octanol–water partition coefficient (Wildman–Crippen LogP) is 5.55. The van der Waals surface area contributed by atoms with Gasteiger partial charge in [0.2, 0.25) is 0 Å². The lowest BCUT2D eigenvalue weighted by Crippen LogP contribution is -2.31. The number of piperidine rings is 1. The summed E-state index contributed by atoms with van der Waals surface area (Å²) in [7, 11) is 0. The molecule has 0 bridgehead atoms. The minimum absolute atomic E-state index is 0.0222. The Morgan fingerprint density at radius 1 is 0.979 bits per heavy atom. The first-order valence-electron chi connectivity index (χ1n) is 15.4. The minimum atomic E-state index is -0.765. The number of pyridine rings is 2. The fourth-order valence-corrected chi connectivity index (χ4v) is 6.07. The fraction of sp³-hybridized carbons (Fsp3) is 0.229. The molecule has 236 valence electrons. The number of aromatic nitrogens is 4. The highest BCUT2D eigenvalue weighted by Crippen LogP contribution is 2.42. The van der Waals surface area contributed by atoms with Crippen molar-refractivity contribution in [3.8, 4) is 34.0 Å². The number of rotatable bonds is 7. The van der Waals surface area contributed by atoms with Crippen molar-refractivity contribution in [2.24, 2.45) is 0 Å². The van der Waals surface area contributed by atoms with E-state index in [0.29, 0.717) is 17.2 Å². The van der Waals surface area contributed by atoms with Crippen molar-refractivity contribution in [3.05, 3.63) is 112 Å². The van der Waals surface area contributed by atoms with Crippen molar-refractivity contribution in [3.63, 3.8) is 0 Å². The maximum atomic E-state index is 15.6. The van der Waals surface area contributed by atoms with Crippen LogP contribution in [0.5, 0.6) is 0 Å². The molecule has 2 aromatic carbocycles. The van der Waals surface area contributed by atoms with Gasteiger partial charge in [0, 0.05) is 40.3 Å². The number of nitrogens with two attached hydrogens (primary N) is 1. The molecule has 1 saturated carbocycles. The molecule has 1 aliphatic carbocycles. The number of halogens is 2. The van der Waals surface area contributed by atoms with E-state index in [2.05, 4.69) is 26.8 Å². The molecule has 4 N–H and O–H groups in total. The molecule has 5 aromatic rings. The molecule has 3 aromatic heterocycles. The van der Waals surface area contributed by atoms with Crippen LogP contribution in [0.2, 0.25) is 0 Å². The van der Waals surface area contributed by atoms with Crippen LogP contribution in [0.15, 0.2) is 78.0 Å². The summed E-state index contributed by atoms with van der Waals surface area (Å²) in [5.41, 5.74) is 8.40. The lowest BCUT2D eigenvalue weighted by molar-refractivity contribution is 0.102. The van der Waals surface area contributed by atoms with Crippen LogP contribution in [0.25, 0.3) is 27.9 Å². The SMILES string of the molecule is N#Cc1c(C2CC2)cc(C(=O)Nc2ccc(-c3cc(-c4cnn(C5CCNCC5)c4)cnc3N)c(F)c2)c(=O)n1-c1ccc(F)cc1. The average molecular weight is 633 g/mol. The molecule has 4 heterocycles. The average Bonchev–Trinajstić information content (AvgIpc) is 3.81. The second-order valence-corrected chi connectivity index (χ2v) is 11.9. The molecule has 2 fully saturated rings. The third-order valence-corrected chi connectivity index (χ3v) is 8.74.